The van der Waals surface area contributed by atoms with Crippen molar-refractivity contribution in [2.24, 2.45) is 5.41 Å². The first-order chi connectivity index (χ1) is 8.56. The number of hydrogen-bond acceptors (Lipinski definition) is 0. The van der Waals surface area contributed by atoms with E-state index in [0.717, 1.165) is 13.0 Å². The molecule has 2 aromatic rings. The van der Waals surface area contributed by atoms with E-state index in [0.29, 0.717) is 5.41 Å². The van der Waals surface area contributed by atoms with Crippen molar-refractivity contribution in [2.75, 3.05) is 0 Å². The first-order valence-corrected chi connectivity index (χ1v) is 6.58. The average molecular weight is 240 g/mol. The third-order valence-electron chi connectivity index (χ3n) is 2.99. The maximum atomic E-state index is 2.29. The number of pyridine rings is 1. The monoisotopic (exact) mass is 240 g/mol. The summed E-state index contributed by atoms with van der Waals surface area (Å²) in [5.41, 5.74) is 1.67. The molecule has 1 heteroatoms. The zero-order valence-corrected chi connectivity index (χ0v) is 11.6. The fourth-order valence-corrected chi connectivity index (χ4v) is 2.01. The van der Waals surface area contributed by atoms with E-state index < -0.39 is 0 Å². The van der Waals surface area contributed by atoms with E-state index >= 15 is 0 Å². The highest BCUT2D eigenvalue weighted by atomic mass is 14.9. The van der Waals surface area contributed by atoms with Crippen LogP contribution >= 0.6 is 0 Å². The predicted molar refractivity (Wildman–Crippen MR) is 77.4 cm³/mol. The molecule has 94 valence electrons. The summed E-state index contributed by atoms with van der Waals surface area (Å²) >= 11 is 0. The van der Waals surface area contributed by atoms with E-state index in [2.05, 4.69) is 80.1 Å². The quantitative estimate of drug-likeness (QED) is 0.561. The SMILES string of the molecule is CC(C)(C)CC=CC[n+]1cccc2ccccc21. The summed E-state index contributed by atoms with van der Waals surface area (Å²) in [6.45, 7) is 7.74. The molecule has 0 unspecified atom stereocenters. The van der Waals surface area contributed by atoms with E-state index in [1.165, 1.54) is 10.9 Å². The normalized spacial score (nSPS) is 12.4. The number of rotatable bonds is 3. The van der Waals surface area contributed by atoms with Gasteiger partial charge in [0, 0.05) is 17.5 Å². The second-order valence-corrected chi connectivity index (χ2v) is 5.96. The Kier molecular flexibility index (Phi) is 3.81. The average Bonchev–Trinajstić information content (AvgIpc) is 2.33. The van der Waals surface area contributed by atoms with Crippen LogP contribution in [0.3, 0.4) is 0 Å². The van der Waals surface area contributed by atoms with Gasteiger partial charge in [-0.1, -0.05) is 39.0 Å². The lowest BCUT2D eigenvalue weighted by atomic mass is 9.92. The summed E-state index contributed by atoms with van der Waals surface area (Å²) in [4.78, 5) is 0. The van der Waals surface area contributed by atoms with Gasteiger partial charge in [0.25, 0.3) is 0 Å². The number of allylic oxidation sites excluding steroid dienone is 2. The van der Waals surface area contributed by atoms with Crippen LogP contribution < -0.4 is 4.57 Å². The Bertz CT molecular complexity index is 542. The van der Waals surface area contributed by atoms with Crippen LogP contribution in [-0.4, -0.2) is 0 Å². The fourth-order valence-electron chi connectivity index (χ4n) is 2.01. The highest BCUT2D eigenvalue weighted by Gasteiger charge is 2.07. The Hall–Kier alpha value is -1.63. The van der Waals surface area contributed by atoms with E-state index in [-0.39, 0.29) is 0 Å². The molecular weight excluding hydrogens is 218 g/mol. The topological polar surface area (TPSA) is 3.88 Å². The first-order valence-electron chi connectivity index (χ1n) is 6.58. The Morgan fingerprint density at radius 1 is 1.00 bits per heavy atom. The molecule has 0 aliphatic carbocycles. The fraction of sp³-hybridized carbons (Fsp3) is 0.353. The molecule has 0 atom stereocenters. The van der Waals surface area contributed by atoms with Crippen LogP contribution in [0.4, 0.5) is 0 Å². The van der Waals surface area contributed by atoms with Gasteiger partial charge in [-0.05, 0) is 30.0 Å². The maximum Gasteiger partial charge on any atom is 0.212 e. The van der Waals surface area contributed by atoms with Crippen LogP contribution in [0.5, 0.6) is 0 Å². The molecule has 0 spiro atoms. The minimum Gasteiger partial charge on any atom is -0.195 e. The van der Waals surface area contributed by atoms with Crippen LogP contribution in [0.25, 0.3) is 10.9 Å². The second kappa shape index (κ2) is 5.34. The molecule has 0 N–H and O–H groups in total. The molecule has 2 rings (SSSR count). The lowest BCUT2D eigenvalue weighted by Gasteiger charge is -2.14. The number of nitrogens with zero attached hydrogens (tertiary/aromatic N) is 1. The number of para-hydroxylation sites is 1. The highest BCUT2D eigenvalue weighted by molar-refractivity contribution is 5.74. The molecule has 1 aromatic heterocycles. The Labute approximate surface area is 110 Å². The van der Waals surface area contributed by atoms with Gasteiger partial charge in [0.2, 0.25) is 5.52 Å². The first kappa shape index (κ1) is 12.8. The van der Waals surface area contributed by atoms with Gasteiger partial charge >= 0.3 is 0 Å². The minimum absolute atomic E-state index is 0.375. The number of fused-ring (bicyclic) bond motifs is 1. The lowest BCUT2D eigenvalue weighted by molar-refractivity contribution is -0.661. The van der Waals surface area contributed by atoms with Crippen molar-refractivity contribution in [3.05, 3.63) is 54.7 Å². The molecule has 0 bridgehead atoms. The van der Waals surface area contributed by atoms with Crippen molar-refractivity contribution < 1.29 is 4.57 Å². The van der Waals surface area contributed by atoms with Gasteiger partial charge < -0.3 is 0 Å². The van der Waals surface area contributed by atoms with Gasteiger partial charge in [0.15, 0.2) is 12.7 Å². The highest BCUT2D eigenvalue weighted by Crippen LogP contribution is 2.18. The van der Waals surface area contributed by atoms with E-state index in [1.54, 1.807) is 0 Å². The smallest absolute Gasteiger partial charge is 0.195 e. The Morgan fingerprint density at radius 2 is 1.72 bits per heavy atom. The third kappa shape index (κ3) is 3.43. The molecule has 18 heavy (non-hydrogen) atoms. The Balaban J connectivity index is 2.13. The van der Waals surface area contributed by atoms with Gasteiger partial charge in [-0.15, -0.1) is 0 Å². The number of aromatic nitrogens is 1. The summed E-state index contributed by atoms with van der Waals surface area (Å²) in [6.07, 6.45) is 7.81. The maximum absolute atomic E-state index is 2.29. The third-order valence-corrected chi connectivity index (χ3v) is 2.99. The van der Waals surface area contributed by atoms with Crippen LogP contribution in [0.1, 0.15) is 27.2 Å². The molecule has 0 aliphatic rings. The lowest BCUT2D eigenvalue weighted by Crippen LogP contribution is -2.32. The van der Waals surface area contributed by atoms with Gasteiger partial charge in [0.05, 0.1) is 0 Å². The second-order valence-electron chi connectivity index (χ2n) is 5.96. The van der Waals surface area contributed by atoms with E-state index in [4.69, 9.17) is 0 Å². The van der Waals surface area contributed by atoms with Crippen LogP contribution in [0, 0.1) is 5.41 Å². The molecule has 0 radical (unpaired) electrons. The van der Waals surface area contributed by atoms with Crippen molar-refractivity contribution in [3.8, 4) is 0 Å². The molecule has 1 nitrogen and oxygen atoms in total. The Morgan fingerprint density at radius 3 is 2.50 bits per heavy atom. The minimum atomic E-state index is 0.375. The van der Waals surface area contributed by atoms with Crippen molar-refractivity contribution in [1.29, 1.82) is 0 Å². The van der Waals surface area contributed by atoms with Crippen LogP contribution in [-0.2, 0) is 6.54 Å². The van der Waals surface area contributed by atoms with E-state index in [9.17, 15) is 0 Å². The molecule has 0 aliphatic heterocycles. The number of hydrogen-bond donors (Lipinski definition) is 0. The van der Waals surface area contributed by atoms with Gasteiger partial charge in [-0.3, -0.25) is 0 Å². The standard InChI is InChI=1S/C17H22N/c1-17(2,3)12-6-7-13-18-14-8-10-15-9-4-5-11-16(15)18/h4-11,14H,12-13H2,1-3H3/q+1. The zero-order chi connectivity index (χ0) is 13.0. The largest absolute Gasteiger partial charge is 0.212 e. The molecular formula is C17H22N+. The molecule has 0 saturated heterocycles. The van der Waals surface area contributed by atoms with Gasteiger partial charge in [-0.25, -0.2) is 0 Å². The zero-order valence-electron chi connectivity index (χ0n) is 11.6. The van der Waals surface area contributed by atoms with E-state index in [1.807, 2.05) is 0 Å². The predicted octanol–water partition coefficient (Wildman–Crippen LogP) is 4.12. The molecule has 0 amide bonds. The number of benzene rings is 1. The van der Waals surface area contributed by atoms with Gasteiger partial charge in [0.1, 0.15) is 0 Å². The molecule has 0 saturated carbocycles. The van der Waals surface area contributed by atoms with Crippen molar-refractivity contribution in [1.82, 2.24) is 0 Å². The van der Waals surface area contributed by atoms with Crippen molar-refractivity contribution in [2.45, 2.75) is 33.7 Å². The van der Waals surface area contributed by atoms with Crippen molar-refractivity contribution >= 4 is 10.9 Å². The summed E-state index contributed by atoms with van der Waals surface area (Å²) < 4.78 is 2.29. The summed E-state index contributed by atoms with van der Waals surface area (Å²) in [5.74, 6) is 0. The summed E-state index contributed by atoms with van der Waals surface area (Å²) in [5, 5.41) is 1.30. The molecule has 1 aromatic carbocycles. The van der Waals surface area contributed by atoms with Crippen LogP contribution in [0.15, 0.2) is 54.7 Å². The molecule has 0 fully saturated rings. The van der Waals surface area contributed by atoms with Crippen LogP contribution in [0.2, 0.25) is 0 Å². The summed E-state index contributed by atoms with van der Waals surface area (Å²) in [6, 6.07) is 12.8. The van der Waals surface area contributed by atoms with Crippen molar-refractivity contribution in [3.63, 3.8) is 0 Å². The molecule has 1 heterocycles. The van der Waals surface area contributed by atoms with Gasteiger partial charge in [-0.2, -0.15) is 4.57 Å². The summed E-state index contributed by atoms with van der Waals surface area (Å²) in [7, 11) is 0.